The number of carbonyl (C=O) groups is 2. The first-order chi connectivity index (χ1) is 12.7. The van der Waals surface area contributed by atoms with E-state index in [1.165, 1.54) is 0 Å². The fourth-order valence-corrected chi connectivity index (χ4v) is 3.68. The Hall–Kier alpha value is -1.65. The maximum Gasteiger partial charge on any atom is 0.409 e. The summed E-state index contributed by atoms with van der Waals surface area (Å²) in [4.78, 5) is 27.4. The van der Waals surface area contributed by atoms with E-state index in [9.17, 15) is 18.0 Å². The Kier molecular flexibility index (Phi) is 7.63. The van der Waals surface area contributed by atoms with Crippen molar-refractivity contribution in [1.82, 2.24) is 14.1 Å². The number of ether oxygens (including phenoxy) is 1. The lowest BCUT2D eigenvalue weighted by atomic mass is 10.2. The van der Waals surface area contributed by atoms with Gasteiger partial charge in [-0.3, -0.25) is 4.79 Å². The molecule has 10 heteroatoms. The van der Waals surface area contributed by atoms with Crippen LogP contribution in [0.5, 0.6) is 0 Å². The van der Waals surface area contributed by atoms with Crippen LogP contribution >= 0.6 is 15.9 Å². The summed E-state index contributed by atoms with van der Waals surface area (Å²) in [5.74, 6) is -0.277. The zero-order valence-electron chi connectivity index (χ0n) is 15.4. The van der Waals surface area contributed by atoms with Crippen LogP contribution in [0, 0.1) is 0 Å². The standard InChI is InChI=1S/C17H24BrN3O5S/c1-3-26-17(23)20-10-8-19(9-11-20)16(22)13-21(27(2,24)25)12-14-4-6-15(18)7-5-14/h4-7H,3,8-13H2,1-2H3. The first kappa shape index (κ1) is 21.6. The Morgan fingerprint density at radius 2 is 1.67 bits per heavy atom. The maximum atomic E-state index is 12.6. The molecule has 150 valence electrons. The number of benzene rings is 1. The quantitative estimate of drug-likeness (QED) is 0.640. The second-order valence-corrected chi connectivity index (χ2v) is 9.12. The molecule has 0 aliphatic carbocycles. The molecular weight excluding hydrogens is 438 g/mol. The van der Waals surface area contributed by atoms with Crippen LogP contribution in [0.4, 0.5) is 4.79 Å². The number of rotatable bonds is 6. The summed E-state index contributed by atoms with van der Waals surface area (Å²) < 4.78 is 31.2. The highest BCUT2D eigenvalue weighted by Gasteiger charge is 2.28. The Balaban J connectivity index is 1.96. The molecule has 0 atom stereocenters. The van der Waals surface area contributed by atoms with Crippen molar-refractivity contribution in [2.24, 2.45) is 0 Å². The van der Waals surface area contributed by atoms with Crippen LogP contribution < -0.4 is 0 Å². The van der Waals surface area contributed by atoms with Gasteiger partial charge in [0.15, 0.2) is 0 Å². The number of carbonyl (C=O) groups excluding carboxylic acids is 2. The highest BCUT2D eigenvalue weighted by Crippen LogP contribution is 2.14. The molecule has 1 aliphatic heterocycles. The third-order valence-electron chi connectivity index (χ3n) is 4.21. The van der Waals surface area contributed by atoms with E-state index < -0.39 is 16.1 Å². The van der Waals surface area contributed by atoms with Crippen LogP contribution in [0.3, 0.4) is 0 Å². The summed E-state index contributed by atoms with van der Waals surface area (Å²) in [7, 11) is -3.55. The SMILES string of the molecule is CCOC(=O)N1CCN(C(=O)CN(Cc2ccc(Br)cc2)S(C)(=O)=O)CC1. The van der Waals surface area contributed by atoms with E-state index in [4.69, 9.17) is 4.74 Å². The molecule has 8 nitrogen and oxygen atoms in total. The number of halogens is 1. The van der Waals surface area contributed by atoms with E-state index >= 15 is 0 Å². The Morgan fingerprint density at radius 3 is 2.19 bits per heavy atom. The van der Waals surface area contributed by atoms with Crippen molar-refractivity contribution < 1.29 is 22.7 Å². The minimum atomic E-state index is -3.55. The van der Waals surface area contributed by atoms with Crippen LogP contribution in [0.25, 0.3) is 0 Å². The lowest BCUT2D eigenvalue weighted by molar-refractivity contribution is -0.133. The number of sulfonamides is 1. The van der Waals surface area contributed by atoms with E-state index in [0.29, 0.717) is 32.8 Å². The van der Waals surface area contributed by atoms with Crippen LogP contribution in [0.2, 0.25) is 0 Å². The molecule has 0 saturated carbocycles. The van der Waals surface area contributed by atoms with Crippen LogP contribution in [-0.4, -0.2) is 80.1 Å². The van der Waals surface area contributed by atoms with E-state index in [1.807, 2.05) is 24.3 Å². The van der Waals surface area contributed by atoms with E-state index in [0.717, 1.165) is 20.6 Å². The average Bonchev–Trinajstić information content (AvgIpc) is 2.62. The van der Waals surface area contributed by atoms with Gasteiger partial charge in [-0.25, -0.2) is 13.2 Å². The first-order valence-corrected chi connectivity index (χ1v) is 11.2. The van der Waals surface area contributed by atoms with Gasteiger partial charge in [0.1, 0.15) is 0 Å². The van der Waals surface area contributed by atoms with Crippen molar-refractivity contribution in [3.8, 4) is 0 Å². The number of amides is 2. The van der Waals surface area contributed by atoms with Crippen molar-refractivity contribution in [3.63, 3.8) is 0 Å². The predicted octanol–water partition coefficient (Wildman–Crippen LogP) is 1.51. The Labute approximate surface area is 168 Å². The molecule has 1 heterocycles. The summed E-state index contributed by atoms with van der Waals surface area (Å²) in [5, 5.41) is 0. The molecular formula is C17H24BrN3O5S. The van der Waals surface area contributed by atoms with Crippen molar-refractivity contribution in [2.45, 2.75) is 13.5 Å². The van der Waals surface area contributed by atoms with Crippen LogP contribution in [0.15, 0.2) is 28.7 Å². The van der Waals surface area contributed by atoms with Gasteiger partial charge in [-0.1, -0.05) is 28.1 Å². The van der Waals surface area contributed by atoms with Crippen molar-refractivity contribution in [3.05, 3.63) is 34.3 Å². The predicted molar refractivity (Wildman–Crippen MR) is 105 cm³/mol. The lowest BCUT2D eigenvalue weighted by Crippen LogP contribution is -2.53. The van der Waals surface area contributed by atoms with Gasteiger partial charge in [-0.2, -0.15) is 4.31 Å². The van der Waals surface area contributed by atoms with Crippen molar-refractivity contribution in [1.29, 1.82) is 0 Å². The highest BCUT2D eigenvalue weighted by molar-refractivity contribution is 9.10. The molecule has 1 fully saturated rings. The fourth-order valence-electron chi connectivity index (χ4n) is 2.69. The zero-order chi connectivity index (χ0) is 20.0. The van der Waals surface area contributed by atoms with Gasteiger partial charge in [-0.05, 0) is 24.6 Å². The Morgan fingerprint density at radius 1 is 1.11 bits per heavy atom. The molecule has 0 radical (unpaired) electrons. The molecule has 1 aliphatic rings. The molecule has 2 amide bonds. The molecule has 1 saturated heterocycles. The van der Waals surface area contributed by atoms with Gasteiger partial charge >= 0.3 is 6.09 Å². The minimum Gasteiger partial charge on any atom is -0.450 e. The number of nitrogens with zero attached hydrogens (tertiary/aromatic N) is 3. The van der Waals surface area contributed by atoms with Gasteiger partial charge in [0.05, 0.1) is 19.4 Å². The summed E-state index contributed by atoms with van der Waals surface area (Å²) >= 11 is 3.34. The molecule has 0 aromatic heterocycles. The molecule has 2 rings (SSSR count). The molecule has 0 bridgehead atoms. The van der Waals surface area contributed by atoms with Gasteiger partial charge in [-0.15, -0.1) is 0 Å². The topological polar surface area (TPSA) is 87.2 Å². The van der Waals surface area contributed by atoms with E-state index in [2.05, 4.69) is 15.9 Å². The largest absolute Gasteiger partial charge is 0.450 e. The monoisotopic (exact) mass is 461 g/mol. The van der Waals surface area contributed by atoms with Crippen LogP contribution in [-0.2, 0) is 26.1 Å². The Bertz CT molecular complexity index is 761. The fraction of sp³-hybridized carbons (Fsp3) is 0.529. The third kappa shape index (κ3) is 6.47. The van der Waals surface area contributed by atoms with Gasteiger partial charge in [0, 0.05) is 37.2 Å². The summed E-state index contributed by atoms with van der Waals surface area (Å²) in [6.45, 7) is 3.39. The third-order valence-corrected chi connectivity index (χ3v) is 5.94. The average molecular weight is 462 g/mol. The van der Waals surface area contributed by atoms with E-state index in [-0.39, 0.29) is 19.0 Å². The highest BCUT2D eigenvalue weighted by atomic mass is 79.9. The molecule has 0 unspecified atom stereocenters. The van der Waals surface area contributed by atoms with Gasteiger partial charge in [0.25, 0.3) is 0 Å². The summed E-state index contributed by atoms with van der Waals surface area (Å²) in [5.41, 5.74) is 0.795. The molecule has 1 aromatic rings. The summed E-state index contributed by atoms with van der Waals surface area (Å²) in [6, 6.07) is 7.27. The number of hydrogen-bond donors (Lipinski definition) is 0. The maximum absolute atomic E-state index is 12.6. The minimum absolute atomic E-state index is 0.126. The number of hydrogen-bond acceptors (Lipinski definition) is 5. The molecule has 0 N–H and O–H groups in total. The molecule has 1 aromatic carbocycles. The zero-order valence-corrected chi connectivity index (χ0v) is 17.8. The molecule has 0 spiro atoms. The van der Waals surface area contributed by atoms with Gasteiger partial charge in [0.2, 0.25) is 15.9 Å². The van der Waals surface area contributed by atoms with Crippen LogP contribution in [0.1, 0.15) is 12.5 Å². The molecule has 27 heavy (non-hydrogen) atoms. The smallest absolute Gasteiger partial charge is 0.409 e. The number of piperazine rings is 1. The normalized spacial score (nSPS) is 15.1. The van der Waals surface area contributed by atoms with Gasteiger partial charge < -0.3 is 14.5 Å². The second-order valence-electron chi connectivity index (χ2n) is 6.22. The van der Waals surface area contributed by atoms with Crippen molar-refractivity contribution in [2.75, 3.05) is 45.6 Å². The first-order valence-electron chi connectivity index (χ1n) is 8.59. The second kappa shape index (κ2) is 9.52. The summed E-state index contributed by atoms with van der Waals surface area (Å²) in [6.07, 6.45) is 0.704. The lowest BCUT2D eigenvalue weighted by Gasteiger charge is -2.35. The van der Waals surface area contributed by atoms with E-state index in [1.54, 1.807) is 16.7 Å². The van der Waals surface area contributed by atoms with Crippen molar-refractivity contribution >= 4 is 38.0 Å².